The van der Waals surface area contributed by atoms with Crippen molar-refractivity contribution >= 4 is 34.0 Å². The number of aromatic nitrogens is 2. The first-order valence-corrected chi connectivity index (χ1v) is 5.83. The molecule has 2 rings (SSSR count). The Morgan fingerprint density at radius 1 is 1.50 bits per heavy atom. The van der Waals surface area contributed by atoms with Crippen LogP contribution in [0.1, 0.15) is 5.56 Å². The number of benzene rings is 1. The van der Waals surface area contributed by atoms with Crippen LogP contribution in [0.5, 0.6) is 0 Å². The molecule has 0 saturated carbocycles. The van der Waals surface area contributed by atoms with Gasteiger partial charge >= 0.3 is 0 Å². The van der Waals surface area contributed by atoms with E-state index in [9.17, 15) is 0 Å². The summed E-state index contributed by atoms with van der Waals surface area (Å²) in [6.07, 6.45) is 1.54. The zero-order valence-corrected chi connectivity index (χ0v) is 10.3. The molecule has 2 aromatic rings. The molecule has 0 unspecified atom stereocenters. The van der Waals surface area contributed by atoms with Gasteiger partial charge in [-0.2, -0.15) is 4.37 Å². The van der Waals surface area contributed by atoms with E-state index in [2.05, 4.69) is 9.36 Å². The van der Waals surface area contributed by atoms with Crippen molar-refractivity contribution in [3.05, 3.63) is 35.1 Å². The quantitative estimate of drug-likeness (QED) is 0.855. The lowest BCUT2D eigenvalue weighted by Crippen LogP contribution is -2.16. The Kier molecular flexibility index (Phi) is 3.26. The second-order valence-corrected chi connectivity index (χ2v) is 4.60. The van der Waals surface area contributed by atoms with Gasteiger partial charge in [-0.05, 0) is 23.8 Å². The molecule has 4 nitrogen and oxygen atoms in total. The third-order valence-electron chi connectivity index (χ3n) is 2.15. The Morgan fingerprint density at radius 3 is 3.00 bits per heavy atom. The Labute approximate surface area is 103 Å². The lowest BCUT2D eigenvalue weighted by Gasteiger charge is -2.16. The fraction of sp³-hybridized carbons (Fsp3) is 0.200. The van der Waals surface area contributed by atoms with E-state index < -0.39 is 0 Å². The number of hydrogen-bond acceptors (Lipinski definition) is 5. The van der Waals surface area contributed by atoms with E-state index in [1.54, 1.807) is 12.1 Å². The molecule has 0 saturated heterocycles. The first kappa shape index (κ1) is 11.2. The van der Waals surface area contributed by atoms with E-state index in [-0.39, 0.29) is 0 Å². The summed E-state index contributed by atoms with van der Waals surface area (Å²) in [6, 6.07) is 5.47. The minimum atomic E-state index is 0.666. The Balaban J connectivity index is 2.17. The van der Waals surface area contributed by atoms with Gasteiger partial charge in [0.05, 0.1) is 0 Å². The van der Waals surface area contributed by atoms with Gasteiger partial charge in [0.15, 0.2) is 0 Å². The van der Waals surface area contributed by atoms with Gasteiger partial charge in [-0.3, -0.25) is 0 Å². The summed E-state index contributed by atoms with van der Waals surface area (Å²) in [5.41, 5.74) is 7.42. The zero-order valence-electron chi connectivity index (χ0n) is 8.72. The minimum absolute atomic E-state index is 0.666. The first-order valence-electron chi connectivity index (χ1n) is 4.68. The van der Waals surface area contributed by atoms with Crippen molar-refractivity contribution in [1.82, 2.24) is 9.36 Å². The maximum Gasteiger partial charge on any atom is 0.204 e. The summed E-state index contributed by atoms with van der Waals surface area (Å²) < 4.78 is 3.96. The smallest absolute Gasteiger partial charge is 0.204 e. The Bertz CT molecular complexity index is 472. The van der Waals surface area contributed by atoms with Gasteiger partial charge in [0.1, 0.15) is 6.33 Å². The molecule has 0 radical (unpaired) electrons. The van der Waals surface area contributed by atoms with Crippen LogP contribution in [0, 0.1) is 0 Å². The molecule has 6 heteroatoms. The van der Waals surface area contributed by atoms with Crippen LogP contribution in [0.15, 0.2) is 24.5 Å². The zero-order chi connectivity index (χ0) is 11.5. The summed E-state index contributed by atoms with van der Waals surface area (Å²) in [7, 11) is 1.94. The number of nitrogens with two attached hydrogens (primary N) is 1. The maximum absolute atomic E-state index is 6.09. The SMILES string of the molecule is CN(Cc1cc(N)ccc1Cl)c1ncns1. The molecule has 0 aliphatic rings. The summed E-state index contributed by atoms with van der Waals surface area (Å²) >= 11 is 7.44. The number of rotatable bonds is 3. The van der Waals surface area contributed by atoms with Crippen molar-refractivity contribution in [3.63, 3.8) is 0 Å². The Hall–Kier alpha value is -1.33. The molecule has 0 amide bonds. The fourth-order valence-corrected chi connectivity index (χ4v) is 2.04. The molecule has 0 fully saturated rings. The topological polar surface area (TPSA) is 55.0 Å². The average Bonchev–Trinajstić information content (AvgIpc) is 2.76. The molecule has 84 valence electrons. The lowest BCUT2D eigenvalue weighted by atomic mass is 10.2. The summed E-state index contributed by atoms with van der Waals surface area (Å²) in [5.74, 6) is 0. The van der Waals surface area contributed by atoms with Crippen LogP contribution >= 0.6 is 23.1 Å². The normalized spacial score (nSPS) is 10.4. The van der Waals surface area contributed by atoms with Crippen molar-refractivity contribution in [2.24, 2.45) is 0 Å². The summed E-state index contributed by atoms with van der Waals surface area (Å²) in [6.45, 7) is 0.666. The first-order chi connectivity index (χ1) is 7.66. The molecule has 0 aliphatic carbocycles. The van der Waals surface area contributed by atoms with Gasteiger partial charge in [-0.25, -0.2) is 4.98 Å². The van der Waals surface area contributed by atoms with Crippen molar-refractivity contribution in [2.45, 2.75) is 6.54 Å². The van der Waals surface area contributed by atoms with E-state index in [0.29, 0.717) is 17.3 Å². The highest BCUT2D eigenvalue weighted by molar-refractivity contribution is 7.09. The lowest BCUT2D eigenvalue weighted by molar-refractivity contribution is 0.915. The molecule has 0 bridgehead atoms. The molecule has 0 atom stereocenters. The monoisotopic (exact) mass is 254 g/mol. The van der Waals surface area contributed by atoms with Gasteiger partial charge < -0.3 is 10.6 Å². The van der Waals surface area contributed by atoms with Crippen LogP contribution in [0.2, 0.25) is 5.02 Å². The van der Waals surface area contributed by atoms with Crippen molar-refractivity contribution < 1.29 is 0 Å². The highest BCUT2D eigenvalue weighted by Gasteiger charge is 2.08. The predicted octanol–water partition coefficient (Wildman–Crippen LogP) is 2.41. The third kappa shape index (κ3) is 2.43. The van der Waals surface area contributed by atoms with E-state index in [1.165, 1.54) is 17.9 Å². The van der Waals surface area contributed by atoms with Gasteiger partial charge in [-0.1, -0.05) is 11.6 Å². The highest BCUT2D eigenvalue weighted by Crippen LogP contribution is 2.22. The van der Waals surface area contributed by atoms with E-state index in [1.807, 2.05) is 18.0 Å². The molecule has 1 aromatic carbocycles. The van der Waals surface area contributed by atoms with Crippen molar-refractivity contribution in [2.75, 3.05) is 17.7 Å². The van der Waals surface area contributed by atoms with Gasteiger partial charge in [0.2, 0.25) is 5.13 Å². The van der Waals surface area contributed by atoms with Gasteiger partial charge in [0.25, 0.3) is 0 Å². The number of nitrogens with zero attached hydrogens (tertiary/aromatic N) is 3. The molecule has 2 N–H and O–H groups in total. The van der Waals surface area contributed by atoms with E-state index >= 15 is 0 Å². The fourth-order valence-electron chi connectivity index (χ4n) is 1.37. The van der Waals surface area contributed by atoms with Crippen LogP contribution in [0.4, 0.5) is 10.8 Å². The summed E-state index contributed by atoms with van der Waals surface area (Å²) in [4.78, 5) is 6.11. The predicted molar refractivity (Wildman–Crippen MR) is 67.9 cm³/mol. The molecule has 0 spiro atoms. The molecular weight excluding hydrogens is 244 g/mol. The van der Waals surface area contributed by atoms with Crippen LogP contribution in [0.25, 0.3) is 0 Å². The molecule has 1 aromatic heterocycles. The number of nitrogen functional groups attached to an aromatic ring is 1. The molecule has 0 aliphatic heterocycles. The van der Waals surface area contributed by atoms with Crippen LogP contribution in [0.3, 0.4) is 0 Å². The van der Waals surface area contributed by atoms with Crippen molar-refractivity contribution in [1.29, 1.82) is 0 Å². The summed E-state index contributed by atoms with van der Waals surface area (Å²) in [5, 5.41) is 1.57. The van der Waals surface area contributed by atoms with Gasteiger partial charge in [-0.15, -0.1) is 0 Å². The standard InChI is InChI=1S/C10H11ClN4S/c1-15(10-13-6-14-16-10)5-7-4-8(12)2-3-9(7)11/h2-4,6H,5,12H2,1H3. The second kappa shape index (κ2) is 4.67. The van der Waals surface area contributed by atoms with E-state index in [4.69, 9.17) is 17.3 Å². The number of halogens is 1. The van der Waals surface area contributed by atoms with Crippen LogP contribution < -0.4 is 10.6 Å². The van der Waals surface area contributed by atoms with Crippen LogP contribution in [-0.4, -0.2) is 16.4 Å². The number of anilines is 2. The van der Waals surface area contributed by atoms with Gasteiger partial charge in [0, 0.05) is 35.8 Å². The Morgan fingerprint density at radius 2 is 2.31 bits per heavy atom. The average molecular weight is 255 g/mol. The minimum Gasteiger partial charge on any atom is -0.399 e. The second-order valence-electron chi connectivity index (χ2n) is 3.43. The molecule has 1 heterocycles. The molecular formula is C10H11ClN4S. The van der Waals surface area contributed by atoms with E-state index in [0.717, 1.165) is 10.7 Å². The van der Waals surface area contributed by atoms with Crippen molar-refractivity contribution in [3.8, 4) is 0 Å². The maximum atomic E-state index is 6.09. The number of hydrogen-bond donors (Lipinski definition) is 1. The van der Waals surface area contributed by atoms with Crippen LogP contribution in [-0.2, 0) is 6.54 Å². The largest absolute Gasteiger partial charge is 0.399 e. The third-order valence-corrected chi connectivity index (χ3v) is 3.30. The molecule has 16 heavy (non-hydrogen) atoms. The highest BCUT2D eigenvalue weighted by atomic mass is 35.5.